The summed E-state index contributed by atoms with van der Waals surface area (Å²) in [7, 11) is 2.96. The minimum Gasteiger partial charge on any atom is -0.497 e. The number of hydrogen-bond acceptors (Lipinski definition) is 4. The molecule has 1 heterocycles. The van der Waals surface area contributed by atoms with Crippen LogP contribution in [-0.2, 0) is 12.7 Å². The summed E-state index contributed by atoms with van der Waals surface area (Å²) >= 11 is 0. The highest BCUT2D eigenvalue weighted by atomic mass is 19.4. The molecule has 27 heavy (non-hydrogen) atoms. The number of nitrogens with zero attached hydrogens (tertiary/aromatic N) is 2. The third kappa shape index (κ3) is 4.53. The van der Waals surface area contributed by atoms with Crippen molar-refractivity contribution in [1.29, 1.82) is 0 Å². The zero-order valence-electron chi connectivity index (χ0n) is 15.0. The molecule has 1 amide bonds. The van der Waals surface area contributed by atoms with Gasteiger partial charge in [0.05, 0.1) is 20.8 Å². The quantitative estimate of drug-likeness (QED) is 0.797. The minimum absolute atomic E-state index is 0.118. The normalized spacial score (nSPS) is 14.1. The van der Waals surface area contributed by atoms with E-state index in [-0.39, 0.29) is 24.9 Å². The van der Waals surface area contributed by atoms with Crippen LogP contribution in [0, 0.1) is 0 Å². The largest absolute Gasteiger partial charge is 0.497 e. The molecule has 146 valence electrons. The first kappa shape index (κ1) is 19.1. The van der Waals surface area contributed by atoms with E-state index in [1.54, 1.807) is 18.2 Å². The van der Waals surface area contributed by atoms with Crippen molar-refractivity contribution in [1.82, 2.24) is 15.1 Å². The molecule has 1 aliphatic rings. The van der Waals surface area contributed by atoms with Crippen molar-refractivity contribution < 1.29 is 27.4 Å². The van der Waals surface area contributed by atoms with Gasteiger partial charge in [-0.1, -0.05) is 0 Å². The number of carbonyl (C=O) groups is 1. The highest BCUT2D eigenvalue weighted by molar-refractivity contribution is 5.95. The van der Waals surface area contributed by atoms with Crippen molar-refractivity contribution in [2.45, 2.75) is 31.5 Å². The monoisotopic (exact) mass is 383 g/mol. The summed E-state index contributed by atoms with van der Waals surface area (Å²) in [5.74, 6) is 0.685. The standard InChI is InChI=1S/C18H20F3N3O3/c1-26-13-7-12(8-14(9-13)27-2)17(25)22-5-6-24-15(11-3-4-11)10-16(23-24)18(19,20)21/h7-11H,3-6H2,1-2H3,(H,22,25). The van der Waals surface area contributed by atoms with Crippen LogP contribution in [0.4, 0.5) is 13.2 Å². The number of benzene rings is 1. The molecule has 0 saturated heterocycles. The van der Waals surface area contributed by atoms with E-state index in [1.807, 2.05) is 0 Å². The zero-order chi connectivity index (χ0) is 19.6. The van der Waals surface area contributed by atoms with Gasteiger partial charge in [-0.15, -0.1) is 0 Å². The lowest BCUT2D eigenvalue weighted by atomic mass is 10.2. The summed E-state index contributed by atoms with van der Waals surface area (Å²) in [6, 6.07) is 5.86. The molecule has 9 heteroatoms. The van der Waals surface area contributed by atoms with Gasteiger partial charge in [0.1, 0.15) is 11.5 Å². The van der Waals surface area contributed by atoms with Crippen LogP contribution in [0.3, 0.4) is 0 Å². The molecule has 1 aromatic heterocycles. The topological polar surface area (TPSA) is 65.4 Å². The lowest BCUT2D eigenvalue weighted by Gasteiger charge is -2.10. The molecule has 1 aliphatic carbocycles. The van der Waals surface area contributed by atoms with Crippen LogP contribution in [0.15, 0.2) is 24.3 Å². The third-order valence-electron chi connectivity index (χ3n) is 4.32. The molecular formula is C18H20F3N3O3. The molecule has 0 spiro atoms. The minimum atomic E-state index is -4.48. The van der Waals surface area contributed by atoms with Crippen molar-refractivity contribution in [3.8, 4) is 11.5 Å². The molecule has 1 N–H and O–H groups in total. The number of halogens is 3. The van der Waals surface area contributed by atoms with E-state index < -0.39 is 11.9 Å². The van der Waals surface area contributed by atoms with Crippen LogP contribution >= 0.6 is 0 Å². The van der Waals surface area contributed by atoms with E-state index in [4.69, 9.17) is 9.47 Å². The number of ether oxygens (including phenoxy) is 2. The number of methoxy groups -OCH3 is 2. The number of aromatic nitrogens is 2. The maximum Gasteiger partial charge on any atom is 0.435 e. The Morgan fingerprint density at radius 1 is 1.19 bits per heavy atom. The van der Waals surface area contributed by atoms with Crippen LogP contribution in [0.1, 0.15) is 40.5 Å². The van der Waals surface area contributed by atoms with Gasteiger partial charge in [0.2, 0.25) is 0 Å². The molecule has 0 aliphatic heterocycles. The Bertz CT molecular complexity index is 807. The lowest BCUT2D eigenvalue weighted by Crippen LogP contribution is -2.28. The van der Waals surface area contributed by atoms with Gasteiger partial charge in [-0.3, -0.25) is 9.48 Å². The SMILES string of the molecule is COc1cc(OC)cc(C(=O)NCCn2nc(C(F)(F)F)cc2C2CC2)c1. The number of amides is 1. The first-order valence-electron chi connectivity index (χ1n) is 8.48. The maximum absolute atomic E-state index is 12.9. The summed E-state index contributed by atoms with van der Waals surface area (Å²) in [4.78, 5) is 12.3. The Morgan fingerprint density at radius 3 is 2.33 bits per heavy atom. The molecular weight excluding hydrogens is 363 g/mol. The predicted molar refractivity (Wildman–Crippen MR) is 91.1 cm³/mol. The van der Waals surface area contributed by atoms with E-state index in [2.05, 4.69) is 10.4 Å². The summed E-state index contributed by atoms with van der Waals surface area (Å²) in [6.07, 6.45) is -2.76. The van der Waals surface area contributed by atoms with Crippen molar-refractivity contribution in [3.05, 3.63) is 41.2 Å². The number of carbonyl (C=O) groups excluding carboxylic acids is 1. The van der Waals surface area contributed by atoms with Crippen molar-refractivity contribution >= 4 is 5.91 Å². The number of alkyl halides is 3. The molecule has 3 rings (SSSR count). The van der Waals surface area contributed by atoms with Crippen molar-refractivity contribution in [3.63, 3.8) is 0 Å². The van der Waals surface area contributed by atoms with Gasteiger partial charge in [0.25, 0.3) is 5.91 Å². The molecule has 0 bridgehead atoms. The second-order valence-electron chi connectivity index (χ2n) is 6.31. The lowest BCUT2D eigenvalue weighted by molar-refractivity contribution is -0.141. The van der Waals surface area contributed by atoms with Gasteiger partial charge in [0.15, 0.2) is 5.69 Å². The van der Waals surface area contributed by atoms with E-state index in [9.17, 15) is 18.0 Å². The van der Waals surface area contributed by atoms with Crippen LogP contribution in [0.2, 0.25) is 0 Å². The van der Waals surface area contributed by atoms with Gasteiger partial charge < -0.3 is 14.8 Å². The van der Waals surface area contributed by atoms with Crippen LogP contribution in [-0.4, -0.2) is 36.5 Å². The average molecular weight is 383 g/mol. The second-order valence-corrected chi connectivity index (χ2v) is 6.31. The van der Waals surface area contributed by atoms with Gasteiger partial charge >= 0.3 is 6.18 Å². The first-order valence-corrected chi connectivity index (χ1v) is 8.48. The fourth-order valence-corrected chi connectivity index (χ4v) is 2.77. The van der Waals surface area contributed by atoms with Crippen LogP contribution in [0.5, 0.6) is 11.5 Å². The van der Waals surface area contributed by atoms with Gasteiger partial charge in [-0.2, -0.15) is 18.3 Å². The number of hydrogen-bond donors (Lipinski definition) is 1. The Morgan fingerprint density at radius 2 is 1.81 bits per heavy atom. The van der Waals surface area contributed by atoms with Crippen LogP contribution in [0.25, 0.3) is 0 Å². The Balaban J connectivity index is 1.66. The molecule has 0 radical (unpaired) electrons. The number of rotatable bonds is 7. The fraction of sp³-hybridized carbons (Fsp3) is 0.444. The zero-order valence-corrected chi connectivity index (χ0v) is 15.0. The molecule has 0 unspecified atom stereocenters. The fourth-order valence-electron chi connectivity index (χ4n) is 2.77. The highest BCUT2D eigenvalue weighted by Gasteiger charge is 2.37. The number of nitrogens with one attached hydrogen (secondary N) is 1. The van der Waals surface area contributed by atoms with Gasteiger partial charge in [0, 0.05) is 29.8 Å². The Hall–Kier alpha value is -2.71. The Labute approximate surface area is 154 Å². The van der Waals surface area contributed by atoms with Crippen LogP contribution < -0.4 is 14.8 Å². The summed E-state index contributed by atoms with van der Waals surface area (Å²) < 4.78 is 50.3. The molecule has 1 fully saturated rings. The molecule has 2 aromatic rings. The summed E-state index contributed by atoms with van der Waals surface area (Å²) in [6.45, 7) is 0.311. The second kappa shape index (κ2) is 7.50. The predicted octanol–water partition coefficient (Wildman–Crippen LogP) is 3.23. The van der Waals surface area contributed by atoms with E-state index in [0.717, 1.165) is 18.9 Å². The third-order valence-corrected chi connectivity index (χ3v) is 4.32. The Kier molecular flexibility index (Phi) is 5.29. The molecule has 1 saturated carbocycles. The highest BCUT2D eigenvalue weighted by Crippen LogP contribution is 2.42. The van der Waals surface area contributed by atoms with Crippen molar-refractivity contribution in [2.75, 3.05) is 20.8 Å². The summed E-state index contributed by atoms with van der Waals surface area (Å²) in [5.41, 5.74) is 0.0120. The van der Waals surface area contributed by atoms with Crippen molar-refractivity contribution in [2.24, 2.45) is 0 Å². The average Bonchev–Trinajstić information content (AvgIpc) is 3.39. The smallest absolute Gasteiger partial charge is 0.435 e. The van der Waals surface area contributed by atoms with Gasteiger partial charge in [-0.05, 0) is 31.0 Å². The summed E-state index contributed by atoms with van der Waals surface area (Å²) in [5, 5.41) is 6.36. The van der Waals surface area contributed by atoms with E-state index >= 15 is 0 Å². The maximum atomic E-state index is 12.9. The van der Waals surface area contributed by atoms with Gasteiger partial charge in [-0.25, -0.2) is 0 Å². The first-order chi connectivity index (χ1) is 12.8. The molecule has 1 aromatic carbocycles. The van der Waals surface area contributed by atoms with E-state index in [1.165, 1.54) is 18.9 Å². The molecule has 0 atom stereocenters. The van der Waals surface area contributed by atoms with E-state index in [0.29, 0.717) is 22.8 Å². The molecule has 6 nitrogen and oxygen atoms in total.